The maximum absolute atomic E-state index is 12.8. The molecule has 0 bridgehead atoms. The summed E-state index contributed by atoms with van der Waals surface area (Å²) in [7, 11) is 0. The quantitative estimate of drug-likeness (QED) is 0.683. The molecule has 1 heterocycles. The number of benzene rings is 1. The van der Waals surface area contributed by atoms with Crippen molar-refractivity contribution < 1.29 is 8.78 Å². The molecular weight excluding hydrogens is 192 g/mol. The minimum absolute atomic E-state index is 0.566. The zero-order valence-corrected chi connectivity index (χ0v) is 7.24. The lowest BCUT2D eigenvalue weighted by Crippen LogP contribution is -1.84. The van der Waals surface area contributed by atoms with Crippen molar-refractivity contribution >= 4 is 11.3 Å². The molecule has 0 N–H and O–H groups in total. The van der Waals surface area contributed by atoms with Gasteiger partial charge in [-0.25, -0.2) is 13.8 Å². The summed E-state index contributed by atoms with van der Waals surface area (Å²) < 4.78 is 25.3. The van der Waals surface area contributed by atoms with Crippen molar-refractivity contribution in [1.29, 1.82) is 0 Å². The normalized spacial score (nSPS) is 10.3. The van der Waals surface area contributed by atoms with Crippen LogP contribution >= 0.6 is 11.3 Å². The second-order valence-corrected chi connectivity index (χ2v) is 3.11. The van der Waals surface area contributed by atoms with Gasteiger partial charge >= 0.3 is 0 Å². The summed E-state index contributed by atoms with van der Waals surface area (Å²) in [6, 6.07) is 3.70. The van der Waals surface area contributed by atoms with E-state index >= 15 is 0 Å². The predicted octanol–water partition coefficient (Wildman–Crippen LogP) is 2.89. The van der Waals surface area contributed by atoms with Gasteiger partial charge in [0.2, 0.25) is 0 Å². The zero-order valence-electron chi connectivity index (χ0n) is 6.42. The number of aromatic nitrogens is 1. The molecule has 0 aliphatic heterocycles. The Morgan fingerprint density at radius 3 is 2.69 bits per heavy atom. The van der Waals surface area contributed by atoms with Crippen LogP contribution in [-0.4, -0.2) is 4.98 Å². The van der Waals surface area contributed by atoms with E-state index in [0.717, 1.165) is 12.1 Å². The highest BCUT2D eigenvalue weighted by atomic mass is 32.1. The first kappa shape index (κ1) is 8.31. The van der Waals surface area contributed by atoms with Crippen LogP contribution in [0.25, 0.3) is 11.3 Å². The molecule has 1 aromatic carbocycles. The van der Waals surface area contributed by atoms with E-state index in [1.54, 1.807) is 5.38 Å². The van der Waals surface area contributed by atoms with Crippen LogP contribution in [0.4, 0.5) is 8.78 Å². The monoisotopic (exact) mass is 196 g/mol. The summed E-state index contributed by atoms with van der Waals surface area (Å²) in [6.45, 7) is 0. The molecule has 0 amide bonds. The van der Waals surface area contributed by atoms with Gasteiger partial charge in [-0.3, -0.25) is 0 Å². The van der Waals surface area contributed by atoms with Crippen LogP contribution in [0.3, 0.4) is 0 Å². The van der Waals surface area contributed by atoms with Crippen molar-refractivity contribution in [3.8, 4) is 11.3 Å². The van der Waals surface area contributed by atoms with Crippen LogP contribution in [0.2, 0.25) is 0 Å². The van der Waals surface area contributed by atoms with Gasteiger partial charge < -0.3 is 0 Å². The molecule has 0 unspecified atom stereocenters. The van der Waals surface area contributed by atoms with Gasteiger partial charge in [0.05, 0.1) is 5.69 Å². The smallest absolute Gasteiger partial charge is 0.159 e. The average molecular weight is 196 g/mol. The standard InChI is InChI=1S/C9H4F2NS/c10-7-2-1-6(3-8(7)11)9-4-13-5-12-9/h1-4H. The third-order valence-corrected chi connectivity index (χ3v) is 2.14. The van der Waals surface area contributed by atoms with Crippen LogP contribution in [0.5, 0.6) is 0 Å². The number of nitrogens with zero attached hydrogens (tertiary/aromatic N) is 1. The molecule has 0 aliphatic rings. The molecule has 13 heavy (non-hydrogen) atoms. The molecule has 0 saturated heterocycles. The molecule has 1 aromatic heterocycles. The summed E-state index contributed by atoms with van der Waals surface area (Å²) in [4.78, 5) is 3.86. The van der Waals surface area contributed by atoms with Gasteiger partial charge in [0.15, 0.2) is 17.1 Å². The lowest BCUT2D eigenvalue weighted by molar-refractivity contribution is 0.509. The summed E-state index contributed by atoms with van der Waals surface area (Å²) in [5, 5.41) is 1.73. The second kappa shape index (κ2) is 3.22. The number of thiazole rings is 1. The van der Waals surface area contributed by atoms with Crippen LogP contribution in [0.1, 0.15) is 0 Å². The zero-order chi connectivity index (χ0) is 9.26. The van der Waals surface area contributed by atoms with Crippen molar-refractivity contribution in [2.24, 2.45) is 0 Å². The maximum Gasteiger partial charge on any atom is 0.159 e. The van der Waals surface area contributed by atoms with E-state index in [-0.39, 0.29) is 0 Å². The molecule has 2 aromatic rings. The predicted molar refractivity (Wildman–Crippen MR) is 46.3 cm³/mol. The van der Waals surface area contributed by atoms with E-state index in [0.29, 0.717) is 11.3 Å². The van der Waals surface area contributed by atoms with Crippen LogP contribution in [-0.2, 0) is 0 Å². The minimum atomic E-state index is -0.856. The summed E-state index contributed by atoms with van der Waals surface area (Å²) in [5.74, 6) is -1.70. The fourth-order valence-electron chi connectivity index (χ4n) is 0.972. The fraction of sp³-hybridized carbons (Fsp3) is 0. The van der Waals surface area contributed by atoms with Gasteiger partial charge in [-0.2, -0.15) is 0 Å². The summed E-state index contributed by atoms with van der Waals surface area (Å²) in [6.07, 6.45) is 0. The Morgan fingerprint density at radius 1 is 1.23 bits per heavy atom. The van der Waals surface area contributed by atoms with E-state index in [2.05, 4.69) is 10.5 Å². The average Bonchev–Trinajstić information content (AvgIpc) is 2.62. The van der Waals surface area contributed by atoms with Gasteiger partial charge in [0.1, 0.15) is 0 Å². The lowest BCUT2D eigenvalue weighted by Gasteiger charge is -1.96. The molecule has 4 heteroatoms. The van der Waals surface area contributed by atoms with Gasteiger partial charge in [0.25, 0.3) is 0 Å². The van der Waals surface area contributed by atoms with E-state index < -0.39 is 11.6 Å². The summed E-state index contributed by atoms with van der Waals surface area (Å²) in [5.41, 5.74) is 3.82. The Kier molecular flexibility index (Phi) is 2.06. The Morgan fingerprint density at radius 2 is 2.08 bits per heavy atom. The molecule has 0 aliphatic carbocycles. The number of halogens is 2. The van der Waals surface area contributed by atoms with Gasteiger partial charge in [-0.15, -0.1) is 11.3 Å². The first-order valence-electron chi connectivity index (χ1n) is 3.54. The number of hydrogen-bond donors (Lipinski definition) is 0. The number of rotatable bonds is 1. The first-order chi connectivity index (χ1) is 6.27. The highest BCUT2D eigenvalue weighted by Gasteiger charge is 2.05. The SMILES string of the molecule is Fc1ccc(-c2cs[c]n2)cc1F. The van der Waals surface area contributed by atoms with Gasteiger partial charge in [-0.05, 0) is 18.2 Å². The summed E-state index contributed by atoms with van der Waals surface area (Å²) >= 11 is 1.29. The Labute approximate surface area is 77.7 Å². The van der Waals surface area contributed by atoms with Crippen molar-refractivity contribution in [1.82, 2.24) is 4.98 Å². The largest absolute Gasteiger partial charge is 0.233 e. The third kappa shape index (κ3) is 1.58. The number of hydrogen-bond acceptors (Lipinski definition) is 2. The molecular formula is C9H4F2NS. The first-order valence-corrected chi connectivity index (χ1v) is 4.42. The van der Waals surface area contributed by atoms with Gasteiger partial charge in [0, 0.05) is 10.9 Å². The van der Waals surface area contributed by atoms with Gasteiger partial charge in [-0.1, -0.05) is 0 Å². The van der Waals surface area contributed by atoms with Crippen molar-refractivity contribution in [3.63, 3.8) is 0 Å². The Balaban J connectivity index is 2.49. The van der Waals surface area contributed by atoms with E-state index in [9.17, 15) is 8.78 Å². The molecule has 0 fully saturated rings. The van der Waals surface area contributed by atoms with Crippen LogP contribution in [0, 0.1) is 17.1 Å². The topological polar surface area (TPSA) is 12.9 Å². The molecule has 1 nitrogen and oxygen atoms in total. The van der Waals surface area contributed by atoms with E-state index in [1.807, 2.05) is 0 Å². The van der Waals surface area contributed by atoms with E-state index in [1.165, 1.54) is 17.4 Å². The highest BCUT2D eigenvalue weighted by molar-refractivity contribution is 7.07. The second-order valence-electron chi connectivity index (χ2n) is 2.45. The lowest BCUT2D eigenvalue weighted by atomic mass is 10.2. The Bertz CT molecular complexity index is 412. The van der Waals surface area contributed by atoms with Crippen molar-refractivity contribution in [2.75, 3.05) is 0 Å². The molecule has 65 valence electrons. The molecule has 2 rings (SSSR count). The molecule has 0 saturated carbocycles. The fourth-order valence-corrected chi connectivity index (χ4v) is 1.48. The minimum Gasteiger partial charge on any atom is -0.233 e. The molecule has 0 spiro atoms. The van der Waals surface area contributed by atoms with Crippen LogP contribution < -0.4 is 0 Å². The Hall–Kier alpha value is -1.29. The highest BCUT2D eigenvalue weighted by Crippen LogP contribution is 2.20. The van der Waals surface area contributed by atoms with E-state index in [4.69, 9.17) is 0 Å². The third-order valence-electron chi connectivity index (χ3n) is 1.60. The van der Waals surface area contributed by atoms with Crippen molar-refractivity contribution in [3.05, 3.63) is 40.7 Å². The van der Waals surface area contributed by atoms with Crippen molar-refractivity contribution in [2.45, 2.75) is 0 Å². The van der Waals surface area contributed by atoms with Crippen LogP contribution in [0.15, 0.2) is 23.6 Å². The molecule has 1 radical (unpaired) electrons. The maximum atomic E-state index is 12.8. The molecule has 0 atom stereocenters.